The fourth-order valence-corrected chi connectivity index (χ4v) is 2.11. The Morgan fingerprint density at radius 2 is 2.00 bits per heavy atom. The quantitative estimate of drug-likeness (QED) is 0.554. The first-order valence-corrected chi connectivity index (χ1v) is 10.2. The summed E-state index contributed by atoms with van der Waals surface area (Å²) in [4.78, 5) is 0. The zero-order valence-electron chi connectivity index (χ0n) is 12.3. The summed E-state index contributed by atoms with van der Waals surface area (Å²) >= 11 is 0. The van der Waals surface area contributed by atoms with Crippen LogP contribution < -0.4 is 10.5 Å². The first-order chi connectivity index (χ1) is 8.92. The minimum absolute atomic E-state index is 0.405. The van der Waals surface area contributed by atoms with E-state index in [1.807, 2.05) is 0 Å². The van der Waals surface area contributed by atoms with E-state index in [-0.39, 0.29) is 0 Å². The Labute approximate surface area is 115 Å². The van der Waals surface area contributed by atoms with E-state index < -0.39 is 8.07 Å². The van der Waals surface area contributed by atoms with Crippen LogP contribution in [0.1, 0.15) is 0 Å². The number of ether oxygens (including phenoxy) is 3. The fourth-order valence-electron chi connectivity index (χ4n) is 1.36. The molecule has 110 valence electrons. The van der Waals surface area contributed by atoms with Crippen molar-refractivity contribution in [2.75, 3.05) is 32.7 Å². The maximum Gasteiger partial charge on any atom is 0.256 e. The molecule has 7 heteroatoms. The number of methoxy groups -OCH3 is 1. The second-order valence-electron chi connectivity index (χ2n) is 5.62. The Balaban J connectivity index is 2.32. The van der Waals surface area contributed by atoms with Gasteiger partial charge >= 0.3 is 0 Å². The average molecular weight is 287 g/mol. The van der Waals surface area contributed by atoms with Crippen molar-refractivity contribution in [1.29, 1.82) is 0 Å². The van der Waals surface area contributed by atoms with Gasteiger partial charge in [-0.05, 0) is 6.04 Å². The van der Waals surface area contributed by atoms with Gasteiger partial charge in [-0.3, -0.25) is 0 Å². The summed E-state index contributed by atoms with van der Waals surface area (Å²) in [7, 11) is 0.582. The molecule has 1 rings (SSSR count). The number of hydrogen-bond donors (Lipinski definition) is 1. The van der Waals surface area contributed by atoms with Gasteiger partial charge in [-0.2, -0.15) is 0 Å². The van der Waals surface area contributed by atoms with Gasteiger partial charge in [0.05, 0.1) is 12.8 Å². The van der Waals surface area contributed by atoms with Crippen molar-refractivity contribution in [2.45, 2.75) is 32.4 Å². The van der Waals surface area contributed by atoms with Crippen molar-refractivity contribution in [2.24, 2.45) is 0 Å². The van der Waals surface area contributed by atoms with Crippen molar-refractivity contribution in [3.63, 3.8) is 0 Å². The molecule has 0 saturated heterocycles. The molecule has 1 aromatic heterocycles. The Hall–Kier alpha value is -1.05. The average Bonchev–Trinajstić information content (AvgIpc) is 2.65. The van der Waals surface area contributed by atoms with Crippen molar-refractivity contribution >= 4 is 13.8 Å². The fraction of sp³-hybridized carbons (Fsp3) is 0.750. The molecule has 0 aliphatic heterocycles. The molecule has 1 aromatic rings. The van der Waals surface area contributed by atoms with Gasteiger partial charge in [0.2, 0.25) is 0 Å². The molecule has 0 spiro atoms. The summed E-state index contributed by atoms with van der Waals surface area (Å²) in [6.45, 7) is 9.09. The smallest absolute Gasteiger partial charge is 0.256 e. The van der Waals surface area contributed by atoms with E-state index in [0.29, 0.717) is 31.5 Å². The zero-order chi connectivity index (χ0) is 14.3. The van der Waals surface area contributed by atoms with Crippen LogP contribution in [0.3, 0.4) is 0 Å². The van der Waals surface area contributed by atoms with Crippen molar-refractivity contribution in [1.82, 2.24) is 9.78 Å². The van der Waals surface area contributed by atoms with E-state index in [2.05, 4.69) is 24.7 Å². The first-order valence-electron chi connectivity index (χ1n) is 6.45. The third-order valence-corrected chi connectivity index (χ3v) is 4.20. The second kappa shape index (κ2) is 7.52. The Kier molecular flexibility index (Phi) is 6.33. The molecule has 0 amide bonds. The summed E-state index contributed by atoms with van der Waals surface area (Å²) in [6, 6.07) is 1.14. The van der Waals surface area contributed by atoms with E-state index in [1.54, 1.807) is 18.0 Å². The van der Waals surface area contributed by atoms with Crippen LogP contribution in [-0.2, 0) is 16.2 Å². The normalized spacial score (nSPS) is 11.8. The summed E-state index contributed by atoms with van der Waals surface area (Å²) in [6.07, 6.45) is 1.72. The number of hydrogen-bond acceptors (Lipinski definition) is 5. The molecule has 0 aliphatic carbocycles. The molecule has 0 aromatic carbocycles. The van der Waals surface area contributed by atoms with Gasteiger partial charge in [0.25, 0.3) is 5.88 Å². The van der Waals surface area contributed by atoms with Gasteiger partial charge in [0.15, 0.2) is 0 Å². The van der Waals surface area contributed by atoms with E-state index in [0.717, 1.165) is 12.7 Å². The van der Waals surface area contributed by atoms with Crippen molar-refractivity contribution in [3.05, 3.63) is 6.20 Å². The minimum Gasteiger partial charge on any atom is -0.473 e. The lowest BCUT2D eigenvalue weighted by Crippen LogP contribution is -2.22. The highest BCUT2D eigenvalue weighted by atomic mass is 28.3. The third-order valence-electron chi connectivity index (χ3n) is 2.50. The SMILES string of the molecule is COCCOc1nn(COCC[Si](C)(C)C)cc1N. The van der Waals surface area contributed by atoms with E-state index >= 15 is 0 Å². The topological polar surface area (TPSA) is 71.5 Å². The van der Waals surface area contributed by atoms with Gasteiger partial charge in [0, 0.05) is 21.8 Å². The van der Waals surface area contributed by atoms with Gasteiger partial charge in [-0.15, -0.1) is 5.10 Å². The molecule has 0 radical (unpaired) electrons. The lowest BCUT2D eigenvalue weighted by Gasteiger charge is -2.15. The van der Waals surface area contributed by atoms with Gasteiger partial charge in [-0.25, -0.2) is 4.68 Å². The van der Waals surface area contributed by atoms with Crippen LogP contribution >= 0.6 is 0 Å². The molecule has 1 heterocycles. The number of aromatic nitrogens is 2. The molecule has 0 bridgehead atoms. The van der Waals surface area contributed by atoms with E-state index in [9.17, 15) is 0 Å². The zero-order valence-corrected chi connectivity index (χ0v) is 13.3. The van der Waals surface area contributed by atoms with Crippen LogP contribution in [0.4, 0.5) is 5.69 Å². The minimum atomic E-state index is -1.04. The van der Waals surface area contributed by atoms with E-state index in [4.69, 9.17) is 19.9 Å². The summed E-state index contributed by atoms with van der Waals surface area (Å²) in [5.74, 6) is 0.436. The van der Waals surface area contributed by atoms with Gasteiger partial charge in [0.1, 0.15) is 19.0 Å². The molecule has 19 heavy (non-hydrogen) atoms. The number of rotatable bonds is 9. The first kappa shape index (κ1) is 16.0. The second-order valence-corrected chi connectivity index (χ2v) is 11.2. The number of nitrogen functional groups attached to an aromatic ring is 1. The van der Waals surface area contributed by atoms with Crippen molar-refractivity contribution in [3.8, 4) is 5.88 Å². The Bertz CT molecular complexity index is 377. The van der Waals surface area contributed by atoms with Gasteiger partial charge in [-0.1, -0.05) is 19.6 Å². The molecule has 0 aliphatic rings. The molecule has 2 N–H and O–H groups in total. The van der Waals surface area contributed by atoms with Gasteiger partial charge < -0.3 is 19.9 Å². The highest BCUT2D eigenvalue weighted by molar-refractivity contribution is 6.76. The van der Waals surface area contributed by atoms with Crippen molar-refractivity contribution < 1.29 is 14.2 Å². The van der Waals surface area contributed by atoms with Crippen LogP contribution in [0.2, 0.25) is 25.7 Å². The summed E-state index contributed by atoms with van der Waals surface area (Å²) < 4.78 is 17.5. The molecule has 0 unspecified atom stereocenters. The molecule has 0 atom stereocenters. The Morgan fingerprint density at radius 1 is 1.26 bits per heavy atom. The van der Waals surface area contributed by atoms with Crippen LogP contribution in [0.15, 0.2) is 6.20 Å². The maximum atomic E-state index is 5.80. The standard InChI is InChI=1S/C12H25N3O3Si/c1-16-5-6-18-12-11(13)9-15(14-12)10-17-7-8-19(2,3)4/h9H,5-8,10,13H2,1-4H3. The third kappa shape index (κ3) is 6.60. The highest BCUT2D eigenvalue weighted by Gasteiger charge is 2.12. The number of nitrogens with two attached hydrogens (primary N) is 1. The molecular formula is C12H25N3O3Si. The molecule has 0 saturated carbocycles. The maximum absolute atomic E-state index is 5.80. The van der Waals surface area contributed by atoms with Crippen LogP contribution in [-0.4, -0.2) is 44.8 Å². The molecule has 0 fully saturated rings. The predicted molar refractivity (Wildman–Crippen MR) is 78.1 cm³/mol. The lowest BCUT2D eigenvalue weighted by atomic mass is 10.6. The largest absolute Gasteiger partial charge is 0.473 e. The predicted octanol–water partition coefficient (Wildman–Crippen LogP) is 1.80. The summed E-state index contributed by atoms with van der Waals surface area (Å²) in [5.41, 5.74) is 6.32. The molecular weight excluding hydrogens is 262 g/mol. The van der Waals surface area contributed by atoms with E-state index in [1.165, 1.54) is 0 Å². The lowest BCUT2D eigenvalue weighted by molar-refractivity contribution is 0.0768. The molecule has 6 nitrogen and oxygen atoms in total. The monoisotopic (exact) mass is 287 g/mol. The van der Waals surface area contributed by atoms with Crippen LogP contribution in [0, 0.1) is 0 Å². The van der Waals surface area contributed by atoms with Crippen LogP contribution in [0.25, 0.3) is 0 Å². The van der Waals surface area contributed by atoms with Crippen LogP contribution in [0.5, 0.6) is 5.88 Å². The number of nitrogens with zero attached hydrogens (tertiary/aromatic N) is 2. The summed E-state index contributed by atoms with van der Waals surface area (Å²) in [5, 5.41) is 4.22. The Morgan fingerprint density at radius 3 is 2.63 bits per heavy atom. The highest BCUT2D eigenvalue weighted by Crippen LogP contribution is 2.18. The number of anilines is 1.